The van der Waals surface area contributed by atoms with Gasteiger partial charge in [-0.05, 0) is 50.7 Å². The Hall–Kier alpha value is -2.90. The number of benzene rings is 2. The van der Waals surface area contributed by atoms with Crippen LogP contribution in [0.1, 0.15) is 24.1 Å². The van der Waals surface area contributed by atoms with E-state index in [1.54, 1.807) is 24.3 Å². The lowest BCUT2D eigenvalue weighted by Crippen LogP contribution is -2.49. The number of carbonyl (C=O) groups excluding carboxylic acids is 2. The minimum Gasteiger partial charge on any atom is -0.494 e. The first-order valence-electron chi connectivity index (χ1n) is 10.8. The SMILES string of the molecule is CCOc1ccc(NC(=O)C(=O)NCC(c2ccc(C)cc2)N2CCN(C)CC2)cc1. The van der Waals surface area contributed by atoms with Crippen molar-refractivity contribution < 1.29 is 14.3 Å². The maximum Gasteiger partial charge on any atom is 0.313 e. The highest BCUT2D eigenvalue weighted by Crippen LogP contribution is 2.22. The summed E-state index contributed by atoms with van der Waals surface area (Å²) in [6, 6.07) is 15.4. The van der Waals surface area contributed by atoms with Crippen LogP contribution in [0.4, 0.5) is 5.69 Å². The zero-order valence-electron chi connectivity index (χ0n) is 18.6. The monoisotopic (exact) mass is 424 g/mol. The molecule has 1 fully saturated rings. The number of hydrogen-bond acceptors (Lipinski definition) is 5. The molecule has 0 bridgehead atoms. The molecule has 0 aromatic heterocycles. The number of aryl methyl sites for hydroxylation is 1. The van der Waals surface area contributed by atoms with Gasteiger partial charge in [0.05, 0.1) is 12.6 Å². The Morgan fingerprint density at radius 2 is 1.61 bits per heavy atom. The Labute approximate surface area is 184 Å². The molecule has 0 saturated carbocycles. The predicted molar refractivity (Wildman–Crippen MR) is 122 cm³/mol. The topological polar surface area (TPSA) is 73.9 Å². The van der Waals surface area contributed by atoms with Gasteiger partial charge in [-0.1, -0.05) is 29.8 Å². The van der Waals surface area contributed by atoms with Crippen molar-refractivity contribution in [1.29, 1.82) is 0 Å². The zero-order chi connectivity index (χ0) is 22.2. The first kappa shape index (κ1) is 22.8. The number of likely N-dealkylation sites (N-methyl/N-ethyl adjacent to an activating group) is 1. The van der Waals surface area contributed by atoms with Crippen molar-refractivity contribution in [3.8, 4) is 5.75 Å². The standard InChI is InChI=1S/C24H32N4O3/c1-4-31-21-11-9-20(10-12-21)26-24(30)23(29)25-17-22(19-7-5-18(2)6-8-19)28-15-13-27(3)14-16-28/h5-12,22H,4,13-17H2,1-3H3,(H,25,29)(H,26,30). The molecule has 2 amide bonds. The maximum atomic E-state index is 12.5. The quantitative estimate of drug-likeness (QED) is 0.668. The first-order chi connectivity index (χ1) is 15.0. The van der Waals surface area contributed by atoms with E-state index in [1.165, 1.54) is 5.56 Å². The third-order valence-electron chi connectivity index (χ3n) is 5.53. The molecule has 2 N–H and O–H groups in total. The van der Waals surface area contributed by atoms with Crippen molar-refractivity contribution in [2.75, 3.05) is 51.7 Å². The van der Waals surface area contributed by atoms with E-state index >= 15 is 0 Å². The van der Waals surface area contributed by atoms with Crippen molar-refractivity contribution in [3.63, 3.8) is 0 Å². The molecule has 7 nitrogen and oxygen atoms in total. The molecule has 0 radical (unpaired) electrons. The van der Waals surface area contributed by atoms with Crippen LogP contribution in [0.2, 0.25) is 0 Å². The van der Waals surface area contributed by atoms with E-state index in [-0.39, 0.29) is 6.04 Å². The Kier molecular flexibility index (Phi) is 8.03. The van der Waals surface area contributed by atoms with Gasteiger partial charge in [-0.3, -0.25) is 14.5 Å². The first-order valence-corrected chi connectivity index (χ1v) is 10.8. The normalized spacial score (nSPS) is 15.8. The lowest BCUT2D eigenvalue weighted by Gasteiger charge is -2.38. The molecule has 1 unspecified atom stereocenters. The minimum atomic E-state index is -0.676. The molecule has 1 aliphatic rings. The summed E-state index contributed by atoms with van der Waals surface area (Å²) in [5, 5.41) is 5.47. The molecule has 2 aromatic rings. The summed E-state index contributed by atoms with van der Waals surface area (Å²) in [4.78, 5) is 29.5. The van der Waals surface area contributed by atoms with E-state index in [0.29, 0.717) is 18.8 Å². The second-order valence-corrected chi connectivity index (χ2v) is 7.89. The second-order valence-electron chi connectivity index (χ2n) is 7.89. The zero-order valence-corrected chi connectivity index (χ0v) is 18.6. The van der Waals surface area contributed by atoms with Crippen LogP contribution in [0, 0.1) is 6.92 Å². The molecular formula is C24H32N4O3. The van der Waals surface area contributed by atoms with Gasteiger partial charge in [-0.2, -0.15) is 0 Å². The third kappa shape index (κ3) is 6.54. The summed E-state index contributed by atoms with van der Waals surface area (Å²) < 4.78 is 5.39. The molecule has 1 aliphatic heterocycles. The Bertz CT molecular complexity index is 859. The van der Waals surface area contributed by atoms with Crippen molar-refractivity contribution in [2.24, 2.45) is 0 Å². The van der Waals surface area contributed by atoms with Crippen molar-refractivity contribution in [3.05, 3.63) is 59.7 Å². The number of piperazine rings is 1. The summed E-state index contributed by atoms with van der Waals surface area (Å²) in [5.74, 6) is -0.594. The molecule has 166 valence electrons. The van der Waals surface area contributed by atoms with Crippen LogP contribution in [0.25, 0.3) is 0 Å². The van der Waals surface area contributed by atoms with E-state index in [1.807, 2.05) is 6.92 Å². The number of amides is 2. The fraction of sp³-hybridized carbons (Fsp3) is 0.417. The Morgan fingerprint density at radius 3 is 2.23 bits per heavy atom. The number of anilines is 1. The summed E-state index contributed by atoms with van der Waals surface area (Å²) in [6.07, 6.45) is 0. The second kappa shape index (κ2) is 10.9. The van der Waals surface area contributed by atoms with Gasteiger partial charge in [-0.15, -0.1) is 0 Å². The van der Waals surface area contributed by atoms with E-state index in [4.69, 9.17) is 4.74 Å². The lowest BCUT2D eigenvalue weighted by molar-refractivity contribution is -0.136. The van der Waals surface area contributed by atoms with Gasteiger partial charge < -0.3 is 20.3 Å². The van der Waals surface area contributed by atoms with Gasteiger partial charge in [0.1, 0.15) is 5.75 Å². The highest BCUT2D eigenvalue weighted by Gasteiger charge is 2.25. The third-order valence-corrected chi connectivity index (χ3v) is 5.53. The largest absolute Gasteiger partial charge is 0.494 e. The molecule has 1 atom stereocenters. The summed E-state index contributed by atoms with van der Waals surface area (Å²) in [6.45, 7) is 8.72. The smallest absolute Gasteiger partial charge is 0.313 e. The Balaban J connectivity index is 1.60. The Morgan fingerprint density at radius 1 is 0.968 bits per heavy atom. The van der Waals surface area contributed by atoms with Gasteiger partial charge in [0.25, 0.3) is 0 Å². The molecule has 2 aromatic carbocycles. The van der Waals surface area contributed by atoms with Gasteiger partial charge in [-0.25, -0.2) is 0 Å². The van der Waals surface area contributed by atoms with Crippen LogP contribution < -0.4 is 15.4 Å². The van der Waals surface area contributed by atoms with E-state index < -0.39 is 11.8 Å². The lowest BCUT2D eigenvalue weighted by atomic mass is 10.0. The molecule has 1 saturated heterocycles. The predicted octanol–water partition coefficient (Wildman–Crippen LogP) is 2.44. The highest BCUT2D eigenvalue weighted by atomic mass is 16.5. The van der Waals surface area contributed by atoms with Crippen LogP contribution in [0.5, 0.6) is 5.75 Å². The van der Waals surface area contributed by atoms with E-state index in [9.17, 15) is 9.59 Å². The molecule has 0 aliphatic carbocycles. The minimum absolute atomic E-state index is 0.0246. The fourth-order valence-corrected chi connectivity index (χ4v) is 3.64. The van der Waals surface area contributed by atoms with Crippen LogP contribution in [-0.2, 0) is 9.59 Å². The number of nitrogens with zero attached hydrogens (tertiary/aromatic N) is 2. The highest BCUT2D eigenvalue weighted by molar-refractivity contribution is 6.39. The van der Waals surface area contributed by atoms with Gasteiger partial charge in [0, 0.05) is 38.4 Å². The van der Waals surface area contributed by atoms with Gasteiger partial charge >= 0.3 is 11.8 Å². The van der Waals surface area contributed by atoms with Gasteiger partial charge in [0.15, 0.2) is 0 Å². The number of rotatable bonds is 7. The molecule has 3 rings (SSSR count). The van der Waals surface area contributed by atoms with Crippen LogP contribution in [-0.4, -0.2) is 68.0 Å². The number of hydrogen-bond donors (Lipinski definition) is 2. The van der Waals surface area contributed by atoms with Crippen molar-refractivity contribution in [2.45, 2.75) is 19.9 Å². The molecule has 7 heteroatoms. The molecule has 0 spiro atoms. The van der Waals surface area contributed by atoms with Crippen LogP contribution in [0.3, 0.4) is 0 Å². The summed E-state index contributed by atoms with van der Waals surface area (Å²) >= 11 is 0. The average molecular weight is 425 g/mol. The fourth-order valence-electron chi connectivity index (χ4n) is 3.64. The number of ether oxygens (including phenoxy) is 1. The summed E-state index contributed by atoms with van der Waals surface area (Å²) in [7, 11) is 2.12. The summed E-state index contributed by atoms with van der Waals surface area (Å²) in [5.41, 5.74) is 2.89. The van der Waals surface area contributed by atoms with Gasteiger partial charge in [0.2, 0.25) is 0 Å². The van der Waals surface area contributed by atoms with Crippen molar-refractivity contribution in [1.82, 2.24) is 15.1 Å². The molecule has 1 heterocycles. The number of carbonyl (C=O) groups is 2. The van der Waals surface area contributed by atoms with E-state index in [0.717, 1.165) is 37.5 Å². The molecule has 31 heavy (non-hydrogen) atoms. The molecular weight excluding hydrogens is 392 g/mol. The number of nitrogens with one attached hydrogen (secondary N) is 2. The van der Waals surface area contributed by atoms with Crippen molar-refractivity contribution >= 4 is 17.5 Å². The van der Waals surface area contributed by atoms with E-state index in [2.05, 4.69) is 58.7 Å². The maximum absolute atomic E-state index is 12.5. The van der Waals surface area contributed by atoms with Crippen LogP contribution in [0.15, 0.2) is 48.5 Å². The van der Waals surface area contributed by atoms with Crippen LogP contribution >= 0.6 is 0 Å². The average Bonchev–Trinajstić information content (AvgIpc) is 2.77.